The standard InChI is InChI=1S/C10H19N3O2/c14-10-12-5-6-13(10)7-8-15-9-1-3-11-4-2-9/h9,11H,1-8H2,(H,12,14). The zero-order valence-electron chi connectivity index (χ0n) is 9.00. The Balaban J connectivity index is 1.59. The van der Waals surface area contributed by atoms with Crippen LogP contribution in [-0.2, 0) is 4.74 Å². The SMILES string of the molecule is O=C1NCCN1CCOC1CCNCC1. The van der Waals surface area contributed by atoms with Gasteiger partial charge in [0.25, 0.3) is 0 Å². The molecule has 0 aliphatic carbocycles. The average Bonchev–Trinajstić information content (AvgIpc) is 2.66. The van der Waals surface area contributed by atoms with Gasteiger partial charge in [0, 0.05) is 19.6 Å². The number of nitrogens with zero attached hydrogens (tertiary/aromatic N) is 1. The van der Waals surface area contributed by atoms with Crippen molar-refractivity contribution in [1.29, 1.82) is 0 Å². The fraction of sp³-hybridized carbons (Fsp3) is 0.900. The summed E-state index contributed by atoms with van der Waals surface area (Å²) in [5.74, 6) is 0. The summed E-state index contributed by atoms with van der Waals surface area (Å²) in [4.78, 5) is 13.0. The Morgan fingerprint density at radius 2 is 2.13 bits per heavy atom. The first kappa shape index (κ1) is 10.7. The number of carbonyl (C=O) groups excluding carboxylic acids is 1. The van der Waals surface area contributed by atoms with Gasteiger partial charge in [0.05, 0.1) is 12.7 Å². The van der Waals surface area contributed by atoms with E-state index in [1.165, 1.54) is 0 Å². The summed E-state index contributed by atoms with van der Waals surface area (Å²) in [6.07, 6.45) is 2.56. The molecule has 0 aromatic heterocycles. The maximum atomic E-state index is 11.2. The molecule has 0 aromatic carbocycles. The zero-order valence-corrected chi connectivity index (χ0v) is 9.00. The second-order valence-electron chi connectivity index (χ2n) is 4.04. The number of ether oxygens (including phenoxy) is 1. The van der Waals surface area contributed by atoms with Gasteiger partial charge >= 0.3 is 6.03 Å². The highest BCUT2D eigenvalue weighted by Crippen LogP contribution is 2.07. The van der Waals surface area contributed by atoms with E-state index in [-0.39, 0.29) is 6.03 Å². The normalized spacial score (nSPS) is 23.2. The van der Waals surface area contributed by atoms with Crippen molar-refractivity contribution in [3.8, 4) is 0 Å². The summed E-state index contributed by atoms with van der Waals surface area (Å²) < 4.78 is 5.73. The van der Waals surface area contributed by atoms with E-state index >= 15 is 0 Å². The van der Waals surface area contributed by atoms with Gasteiger partial charge < -0.3 is 20.3 Å². The smallest absolute Gasteiger partial charge is 0.317 e. The molecule has 0 unspecified atom stereocenters. The lowest BCUT2D eigenvalue weighted by Crippen LogP contribution is -2.35. The first-order valence-corrected chi connectivity index (χ1v) is 5.71. The van der Waals surface area contributed by atoms with E-state index in [2.05, 4.69) is 10.6 Å². The first-order valence-electron chi connectivity index (χ1n) is 5.71. The van der Waals surface area contributed by atoms with Gasteiger partial charge in [0.2, 0.25) is 0 Å². The highest BCUT2D eigenvalue weighted by Gasteiger charge is 2.19. The van der Waals surface area contributed by atoms with Gasteiger partial charge in [0.15, 0.2) is 0 Å². The minimum atomic E-state index is 0.0453. The van der Waals surface area contributed by atoms with E-state index in [1.54, 1.807) is 4.90 Å². The van der Waals surface area contributed by atoms with Crippen molar-refractivity contribution >= 4 is 6.03 Å². The van der Waals surface area contributed by atoms with Crippen LogP contribution in [0, 0.1) is 0 Å². The molecule has 15 heavy (non-hydrogen) atoms. The molecule has 2 aliphatic rings. The van der Waals surface area contributed by atoms with Gasteiger partial charge in [-0.15, -0.1) is 0 Å². The molecule has 0 spiro atoms. The highest BCUT2D eigenvalue weighted by atomic mass is 16.5. The van der Waals surface area contributed by atoms with Crippen molar-refractivity contribution in [2.45, 2.75) is 18.9 Å². The Morgan fingerprint density at radius 3 is 2.80 bits per heavy atom. The predicted molar refractivity (Wildman–Crippen MR) is 56.8 cm³/mol. The Kier molecular flexibility index (Phi) is 3.80. The molecule has 0 aromatic rings. The maximum Gasteiger partial charge on any atom is 0.317 e. The van der Waals surface area contributed by atoms with Gasteiger partial charge in [-0.2, -0.15) is 0 Å². The molecule has 0 atom stereocenters. The molecule has 2 saturated heterocycles. The Bertz CT molecular complexity index is 217. The summed E-state index contributed by atoms with van der Waals surface area (Å²) in [6.45, 7) is 5.07. The number of piperidine rings is 1. The monoisotopic (exact) mass is 213 g/mol. The van der Waals surface area contributed by atoms with Crippen molar-refractivity contribution in [1.82, 2.24) is 15.5 Å². The topological polar surface area (TPSA) is 53.6 Å². The molecule has 2 amide bonds. The van der Waals surface area contributed by atoms with Gasteiger partial charge in [-0.3, -0.25) is 0 Å². The van der Waals surface area contributed by atoms with Crippen LogP contribution >= 0.6 is 0 Å². The van der Waals surface area contributed by atoms with Gasteiger partial charge in [-0.1, -0.05) is 0 Å². The predicted octanol–water partition coefficient (Wildman–Crippen LogP) is -0.220. The number of hydrogen-bond acceptors (Lipinski definition) is 3. The zero-order chi connectivity index (χ0) is 10.5. The minimum Gasteiger partial charge on any atom is -0.376 e. The number of amides is 2. The lowest BCUT2D eigenvalue weighted by molar-refractivity contribution is 0.0262. The third-order valence-corrected chi connectivity index (χ3v) is 2.95. The van der Waals surface area contributed by atoms with E-state index in [0.29, 0.717) is 12.7 Å². The number of urea groups is 1. The largest absolute Gasteiger partial charge is 0.376 e. The molecule has 2 aliphatic heterocycles. The van der Waals surface area contributed by atoms with Crippen LogP contribution in [0.4, 0.5) is 4.79 Å². The highest BCUT2D eigenvalue weighted by molar-refractivity contribution is 5.76. The Labute approximate surface area is 90.1 Å². The van der Waals surface area contributed by atoms with E-state index in [1.807, 2.05) is 0 Å². The molecule has 0 saturated carbocycles. The molecular formula is C10H19N3O2. The third-order valence-electron chi connectivity index (χ3n) is 2.95. The molecule has 0 bridgehead atoms. The van der Waals surface area contributed by atoms with Crippen LogP contribution in [-0.4, -0.2) is 56.4 Å². The molecule has 86 valence electrons. The average molecular weight is 213 g/mol. The van der Waals surface area contributed by atoms with Crippen molar-refractivity contribution in [2.75, 3.05) is 39.3 Å². The molecule has 5 nitrogen and oxygen atoms in total. The fourth-order valence-electron chi connectivity index (χ4n) is 2.02. The van der Waals surface area contributed by atoms with Gasteiger partial charge in [-0.05, 0) is 25.9 Å². The van der Waals surface area contributed by atoms with Crippen molar-refractivity contribution < 1.29 is 9.53 Å². The van der Waals surface area contributed by atoms with Crippen molar-refractivity contribution in [3.63, 3.8) is 0 Å². The number of carbonyl (C=O) groups is 1. The summed E-state index contributed by atoms with van der Waals surface area (Å²) in [6, 6.07) is 0.0453. The molecule has 0 radical (unpaired) electrons. The molecule has 2 heterocycles. The van der Waals surface area contributed by atoms with E-state index < -0.39 is 0 Å². The van der Waals surface area contributed by atoms with Crippen molar-refractivity contribution in [2.24, 2.45) is 0 Å². The van der Waals surface area contributed by atoms with Crippen LogP contribution in [0.15, 0.2) is 0 Å². The molecule has 2 rings (SSSR count). The van der Waals surface area contributed by atoms with Gasteiger partial charge in [-0.25, -0.2) is 4.79 Å². The van der Waals surface area contributed by atoms with Crippen LogP contribution in [0.5, 0.6) is 0 Å². The molecule has 2 N–H and O–H groups in total. The summed E-state index contributed by atoms with van der Waals surface area (Å²) >= 11 is 0. The maximum absolute atomic E-state index is 11.2. The second kappa shape index (κ2) is 5.32. The number of hydrogen-bond donors (Lipinski definition) is 2. The van der Waals surface area contributed by atoms with Crippen LogP contribution in [0.3, 0.4) is 0 Å². The molecule has 5 heteroatoms. The second-order valence-corrected chi connectivity index (χ2v) is 4.04. The van der Waals surface area contributed by atoms with Crippen LogP contribution < -0.4 is 10.6 Å². The molecular weight excluding hydrogens is 194 g/mol. The van der Waals surface area contributed by atoms with E-state index in [4.69, 9.17) is 4.74 Å². The lowest BCUT2D eigenvalue weighted by Gasteiger charge is -2.24. The summed E-state index contributed by atoms with van der Waals surface area (Å²) in [5, 5.41) is 6.08. The number of rotatable bonds is 4. The van der Waals surface area contributed by atoms with Crippen LogP contribution in [0.1, 0.15) is 12.8 Å². The van der Waals surface area contributed by atoms with Gasteiger partial charge in [0.1, 0.15) is 0 Å². The van der Waals surface area contributed by atoms with Crippen LogP contribution in [0.2, 0.25) is 0 Å². The van der Waals surface area contributed by atoms with Crippen molar-refractivity contribution in [3.05, 3.63) is 0 Å². The first-order chi connectivity index (χ1) is 7.36. The fourth-order valence-corrected chi connectivity index (χ4v) is 2.02. The lowest BCUT2D eigenvalue weighted by atomic mass is 10.1. The quantitative estimate of drug-likeness (QED) is 0.679. The number of nitrogens with one attached hydrogen (secondary N) is 2. The van der Waals surface area contributed by atoms with Crippen LogP contribution in [0.25, 0.3) is 0 Å². The summed E-state index contributed by atoms with van der Waals surface area (Å²) in [7, 11) is 0. The van der Waals surface area contributed by atoms with E-state index in [9.17, 15) is 4.79 Å². The summed E-state index contributed by atoms with van der Waals surface area (Å²) in [5.41, 5.74) is 0. The minimum absolute atomic E-state index is 0.0453. The molecule has 2 fully saturated rings. The third kappa shape index (κ3) is 3.07. The Hall–Kier alpha value is -0.810. The van der Waals surface area contributed by atoms with E-state index in [0.717, 1.165) is 45.6 Å². The Morgan fingerprint density at radius 1 is 1.33 bits per heavy atom.